The first-order valence-electron chi connectivity index (χ1n) is 6.48. The largest absolute Gasteiger partial charge is 0.493 e. The molecule has 0 fully saturated rings. The molecule has 1 aromatic carbocycles. The highest BCUT2D eigenvalue weighted by atomic mass is 16.5. The van der Waals surface area contributed by atoms with Crippen LogP contribution in [0.4, 0.5) is 0 Å². The fourth-order valence-corrected chi connectivity index (χ4v) is 2.41. The van der Waals surface area contributed by atoms with Crippen LogP contribution in [0.15, 0.2) is 28.8 Å². The summed E-state index contributed by atoms with van der Waals surface area (Å²) in [6.07, 6.45) is 0. The van der Waals surface area contributed by atoms with Crippen molar-refractivity contribution in [3.8, 4) is 5.75 Å². The topological polar surface area (TPSA) is 60.2 Å². The number of fused-ring (bicyclic) bond motifs is 1. The molecule has 5 heteroatoms. The maximum Gasteiger partial charge on any atom is 0.223 e. The zero-order chi connectivity index (χ0) is 13.2. The molecule has 0 spiro atoms. The summed E-state index contributed by atoms with van der Waals surface area (Å²) < 4.78 is 10.7. The predicted molar refractivity (Wildman–Crippen MR) is 70.0 cm³/mol. The van der Waals surface area contributed by atoms with Crippen molar-refractivity contribution in [3.05, 3.63) is 41.5 Å². The van der Waals surface area contributed by atoms with E-state index in [2.05, 4.69) is 34.5 Å². The lowest BCUT2D eigenvalue weighted by Crippen LogP contribution is -2.32. The third-order valence-electron chi connectivity index (χ3n) is 3.49. The summed E-state index contributed by atoms with van der Waals surface area (Å²) in [5.74, 6) is 2.65. The summed E-state index contributed by atoms with van der Waals surface area (Å²) in [6, 6.07) is 8.49. The standard InChI is InChI=1S/C14H17N3O2/c1-9(15-7-14-16-10(2)19-17-14)12-8-18-13-6-4-3-5-11(12)13/h3-6,9,12,15H,7-8H2,1-2H3/t9-,12+/m1/s1. The summed E-state index contributed by atoms with van der Waals surface area (Å²) in [6.45, 7) is 5.28. The molecule has 2 heterocycles. The Labute approximate surface area is 112 Å². The third-order valence-corrected chi connectivity index (χ3v) is 3.49. The van der Waals surface area contributed by atoms with Gasteiger partial charge in [0, 0.05) is 24.4 Å². The van der Waals surface area contributed by atoms with Gasteiger partial charge < -0.3 is 14.6 Å². The van der Waals surface area contributed by atoms with Crippen LogP contribution in [-0.2, 0) is 6.54 Å². The Morgan fingerprint density at radius 1 is 1.42 bits per heavy atom. The fourth-order valence-electron chi connectivity index (χ4n) is 2.41. The Morgan fingerprint density at radius 2 is 2.26 bits per heavy atom. The van der Waals surface area contributed by atoms with E-state index in [0.717, 1.165) is 12.4 Å². The minimum Gasteiger partial charge on any atom is -0.493 e. The number of nitrogens with one attached hydrogen (secondary N) is 1. The van der Waals surface area contributed by atoms with E-state index in [1.807, 2.05) is 12.1 Å². The highest BCUT2D eigenvalue weighted by Gasteiger charge is 2.28. The molecule has 1 aliphatic rings. The number of rotatable bonds is 4. The SMILES string of the molecule is Cc1nc(CN[C@H](C)[C@@H]2COc3ccccc32)no1. The molecule has 2 atom stereocenters. The predicted octanol–water partition coefficient (Wildman–Crippen LogP) is 2.03. The van der Waals surface area contributed by atoms with Crippen LogP contribution in [0.25, 0.3) is 0 Å². The Kier molecular flexibility index (Phi) is 3.21. The van der Waals surface area contributed by atoms with E-state index in [9.17, 15) is 0 Å². The Balaban J connectivity index is 1.64. The van der Waals surface area contributed by atoms with E-state index in [-0.39, 0.29) is 0 Å². The molecule has 5 nitrogen and oxygen atoms in total. The molecule has 0 radical (unpaired) electrons. The number of aryl methyl sites for hydroxylation is 1. The molecule has 0 saturated carbocycles. The van der Waals surface area contributed by atoms with Gasteiger partial charge in [-0.05, 0) is 13.0 Å². The van der Waals surface area contributed by atoms with E-state index < -0.39 is 0 Å². The van der Waals surface area contributed by atoms with Gasteiger partial charge in [-0.15, -0.1) is 0 Å². The van der Waals surface area contributed by atoms with Crippen molar-refractivity contribution in [2.24, 2.45) is 0 Å². The third kappa shape index (κ3) is 2.46. The Morgan fingerprint density at radius 3 is 3.05 bits per heavy atom. The van der Waals surface area contributed by atoms with Crippen LogP contribution in [0, 0.1) is 6.92 Å². The Bertz CT molecular complexity index is 567. The van der Waals surface area contributed by atoms with Gasteiger partial charge in [0.2, 0.25) is 5.89 Å². The molecule has 100 valence electrons. The summed E-state index contributed by atoms with van der Waals surface area (Å²) in [5, 5.41) is 7.31. The van der Waals surface area contributed by atoms with Crippen molar-refractivity contribution in [2.45, 2.75) is 32.4 Å². The van der Waals surface area contributed by atoms with Crippen LogP contribution < -0.4 is 10.1 Å². The van der Waals surface area contributed by atoms with Crippen molar-refractivity contribution >= 4 is 0 Å². The maximum atomic E-state index is 5.70. The minimum absolute atomic E-state index is 0.294. The lowest BCUT2D eigenvalue weighted by Gasteiger charge is -2.18. The van der Waals surface area contributed by atoms with Gasteiger partial charge in [0.15, 0.2) is 5.82 Å². The van der Waals surface area contributed by atoms with Crippen molar-refractivity contribution in [3.63, 3.8) is 0 Å². The van der Waals surface area contributed by atoms with Gasteiger partial charge in [0.05, 0.1) is 13.2 Å². The second-order valence-electron chi connectivity index (χ2n) is 4.85. The van der Waals surface area contributed by atoms with Crippen molar-refractivity contribution in [1.82, 2.24) is 15.5 Å². The van der Waals surface area contributed by atoms with Crippen LogP contribution in [0.5, 0.6) is 5.75 Å². The zero-order valence-electron chi connectivity index (χ0n) is 11.1. The summed E-state index contributed by atoms with van der Waals surface area (Å²) in [7, 11) is 0. The summed E-state index contributed by atoms with van der Waals surface area (Å²) in [4.78, 5) is 4.18. The average molecular weight is 259 g/mol. The van der Waals surface area contributed by atoms with Crippen molar-refractivity contribution < 1.29 is 9.26 Å². The van der Waals surface area contributed by atoms with Crippen LogP contribution in [0.2, 0.25) is 0 Å². The molecule has 1 aliphatic heterocycles. The van der Waals surface area contributed by atoms with Gasteiger partial charge in [0.25, 0.3) is 0 Å². The smallest absolute Gasteiger partial charge is 0.223 e. The number of aromatic nitrogens is 2. The molecule has 0 amide bonds. The van der Waals surface area contributed by atoms with Gasteiger partial charge in [-0.1, -0.05) is 23.4 Å². The Hall–Kier alpha value is -1.88. The molecule has 2 aromatic rings. The minimum atomic E-state index is 0.294. The second-order valence-corrected chi connectivity index (χ2v) is 4.85. The lowest BCUT2D eigenvalue weighted by molar-refractivity contribution is 0.302. The molecular formula is C14H17N3O2. The van der Waals surface area contributed by atoms with Gasteiger partial charge in [-0.25, -0.2) is 0 Å². The second kappa shape index (κ2) is 5.01. The number of para-hydroxylation sites is 1. The maximum absolute atomic E-state index is 5.70. The van der Waals surface area contributed by atoms with E-state index in [4.69, 9.17) is 9.26 Å². The van der Waals surface area contributed by atoms with Crippen molar-refractivity contribution in [1.29, 1.82) is 0 Å². The first-order valence-corrected chi connectivity index (χ1v) is 6.48. The number of hydrogen-bond acceptors (Lipinski definition) is 5. The van der Waals surface area contributed by atoms with Gasteiger partial charge in [-0.3, -0.25) is 0 Å². The van der Waals surface area contributed by atoms with Crippen LogP contribution in [0.3, 0.4) is 0 Å². The van der Waals surface area contributed by atoms with E-state index in [1.165, 1.54) is 5.56 Å². The van der Waals surface area contributed by atoms with Gasteiger partial charge >= 0.3 is 0 Å². The average Bonchev–Trinajstić information content (AvgIpc) is 3.02. The molecule has 19 heavy (non-hydrogen) atoms. The lowest BCUT2D eigenvalue weighted by atomic mass is 9.94. The molecule has 1 N–H and O–H groups in total. The van der Waals surface area contributed by atoms with Crippen molar-refractivity contribution in [2.75, 3.05) is 6.61 Å². The van der Waals surface area contributed by atoms with E-state index >= 15 is 0 Å². The summed E-state index contributed by atoms with van der Waals surface area (Å²) in [5.41, 5.74) is 1.27. The highest BCUT2D eigenvalue weighted by Crippen LogP contribution is 2.35. The molecule has 3 rings (SSSR count). The zero-order valence-corrected chi connectivity index (χ0v) is 11.1. The van der Waals surface area contributed by atoms with Gasteiger partial charge in [-0.2, -0.15) is 4.98 Å². The van der Waals surface area contributed by atoms with E-state index in [0.29, 0.717) is 30.2 Å². The fraction of sp³-hybridized carbons (Fsp3) is 0.429. The number of ether oxygens (including phenoxy) is 1. The molecular weight excluding hydrogens is 242 g/mol. The van der Waals surface area contributed by atoms with Crippen LogP contribution in [0.1, 0.15) is 30.1 Å². The number of nitrogens with zero attached hydrogens (tertiary/aromatic N) is 2. The monoisotopic (exact) mass is 259 g/mol. The van der Waals surface area contributed by atoms with Crippen LogP contribution in [-0.4, -0.2) is 22.8 Å². The summed E-state index contributed by atoms with van der Waals surface area (Å²) >= 11 is 0. The normalized spacial score (nSPS) is 18.9. The quantitative estimate of drug-likeness (QED) is 0.910. The molecule has 0 bridgehead atoms. The van der Waals surface area contributed by atoms with Gasteiger partial charge in [0.1, 0.15) is 5.75 Å². The molecule has 0 saturated heterocycles. The first-order chi connectivity index (χ1) is 9.24. The molecule has 0 aliphatic carbocycles. The molecule has 1 aromatic heterocycles. The number of benzene rings is 1. The first kappa shape index (κ1) is 12.2. The van der Waals surface area contributed by atoms with E-state index in [1.54, 1.807) is 6.92 Å². The highest BCUT2D eigenvalue weighted by molar-refractivity contribution is 5.40. The van der Waals surface area contributed by atoms with Crippen LogP contribution >= 0.6 is 0 Å². The molecule has 0 unspecified atom stereocenters. The number of hydrogen-bond donors (Lipinski definition) is 1.